The van der Waals surface area contributed by atoms with Crippen LogP contribution in [0.4, 0.5) is 0 Å². The first-order valence-corrected chi connectivity index (χ1v) is 7.12. The molecule has 1 atom stereocenters. The van der Waals surface area contributed by atoms with E-state index in [1.807, 2.05) is 19.4 Å². The van der Waals surface area contributed by atoms with Crippen LogP contribution in [0.3, 0.4) is 0 Å². The number of ether oxygens (including phenoxy) is 1. The summed E-state index contributed by atoms with van der Waals surface area (Å²) in [5.74, 6) is 1.58. The molecule has 0 bridgehead atoms. The molecule has 1 N–H and O–H groups in total. The Balaban J connectivity index is 2.10. The maximum absolute atomic E-state index is 5.99. The molecule has 1 aliphatic rings. The van der Waals surface area contributed by atoms with Crippen molar-refractivity contribution in [1.29, 1.82) is 0 Å². The number of nitrogens with one attached hydrogen (secondary N) is 1. The van der Waals surface area contributed by atoms with Gasteiger partial charge in [-0.15, -0.1) is 0 Å². The van der Waals surface area contributed by atoms with Crippen molar-refractivity contribution in [2.45, 2.75) is 19.3 Å². The summed E-state index contributed by atoms with van der Waals surface area (Å²) in [4.78, 5) is 4.18. The fraction of sp³-hybridized carbons (Fsp3) is 0.353. The average Bonchev–Trinajstić information content (AvgIpc) is 2.48. The fourth-order valence-electron chi connectivity index (χ4n) is 2.94. The Hall–Kier alpha value is -1.87. The number of aromatic nitrogens is 1. The van der Waals surface area contributed by atoms with Crippen LogP contribution >= 0.6 is 0 Å². The second-order valence-electron chi connectivity index (χ2n) is 5.31. The Morgan fingerprint density at radius 1 is 1.30 bits per heavy atom. The van der Waals surface area contributed by atoms with Crippen LogP contribution in [0.2, 0.25) is 0 Å². The molecule has 1 aromatic carbocycles. The standard InChI is InChI=1S/C17H20N2O/c1-12-10-19-8-6-14(12)16-5-3-4-15-13(11-18-2)7-9-20-17(15)16/h3-6,8,10,13,18H,7,9,11H2,1-2H3/t13-/m1/s1. The van der Waals surface area contributed by atoms with Gasteiger partial charge in [-0.2, -0.15) is 0 Å². The van der Waals surface area contributed by atoms with Gasteiger partial charge in [-0.25, -0.2) is 0 Å². The van der Waals surface area contributed by atoms with Crippen LogP contribution in [-0.2, 0) is 0 Å². The third-order valence-electron chi connectivity index (χ3n) is 3.96. The topological polar surface area (TPSA) is 34.1 Å². The minimum atomic E-state index is 0.533. The molecule has 0 fully saturated rings. The number of aryl methyl sites for hydroxylation is 1. The summed E-state index contributed by atoms with van der Waals surface area (Å²) in [5.41, 5.74) is 4.89. The number of pyridine rings is 1. The van der Waals surface area contributed by atoms with Crippen molar-refractivity contribution in [1.82, 2.24) is 10.3 Å². The van der Waals surface area contributed by atoms with Gasteiger partial charge < -0.3 is 10.1 Å². The Morgan fingerprint density at radius 2 is 2.20 bits per heavy atom. The molecule has 1 aromatic heterocycles. The summed E-state index contributed by atoms with van der Waals surface area (Å²) >= 11 is 0. The van der Waals surface area contributed by atoms with Crippen LogP contribution in [0.5, 0.6) is 5.75 Å². The minimum absolute atomic E-state index is 0.533. The summed E-state index contributed by atoms with van der Waals surface area (Å²) < 4.78 is 5.99. The Kier molecular flexibility index (Phi) is 3.70. The van der Waals surface area contributed by atoms with Crippen molar-refractivity contribution in [2.24, 2.45) is 0 Å². The van der Waals surface area contributed by atoms with E-state index in [1.165, 1.54) is 22.3 Å². The van der Waals surface area contributed by atoms with Gasteiger partial charge in [-0.1, -0.05) is 18.2 Å². The monoisotopic (exact) mass is 268 g/mol. The van der Waals surface area contributed by atoms with Gasteiger partial charge in [0.25, 0.3) is 0 Å². The van der Waals surface area contributed by atoms with E-state index in [0.29, 0.717) is 5.92 Å². The van der Waals surface area contributed by atoms with Crippen LogP contribution in [0.25, 0.3) is 11.1 Å². The summed E-state index contributed by atoms with van der Waals surface area (Å²) in [6.45, 7) is 3.88. The molecule has 0 saturated heterocycles. The molecule has 20 heavy (non-hydrogen) atoms. The van der Waals surface area contributed by atoms with E-state index >= 15 is 0 Å². The SMILES string of the molecule is CNC[C@H]1CCOc2c(-c3ccncc3C)cccc21. The van der Waals surface area contributed by atoms with Gasteiger partial charge in [0.1, 0.15) is 5.75 Å². The highest BCUT2D eigenvalue weighted by Crippen LogP contribution is 2.41. The molecular formula is C17H20N2O. The largest absolute Gasteiger partial charge is 0.493 e. The third-order valence-corrected chi connectivity index (χ3v) is 3.96. The lowest BCUT2D eigenvalue weighted by molar-refractivity contribution is 0.267. The normalized spacial score (nSPS) is 17.4. The number of fused-ring (bicyclic) bond motifs is 1. The predicted octanol–water partition coefficient (Wildman–Crippen LogP) is 3.14. The molecule has 3 heteroatoms. The highest BCUT2D eigenvalue weighted by molar-refractivity contribution is 5.75. The summed E-state index contributed by atoms with van der Waals surface area (Å²) in [6.07, 6.45) is 4.82. The molecule has 0 amide bonds. The van der Waals surface area contributed by atoms with E-state index in [2.05, 4.69) is 41.5 Å². The second-order valence-corrected chi connectivity index (χ2v) is 5.31. The maximum atomic E-state index is 5.99. The van der Waals surface area contributed by atoms with E-state index in [9.17, 15) is 0 Å². The Labute approximate surface area is 120 Å². The van der Waals surface area contributed by atoms with Crippen molar-refractivity contribution in [3.63, 3.8) is 0 Å². The molecule has 3 rings (SSSR count). The molecule has 0 unspecified atom stereocenters. The Bertz CT molecular complexity index is 610. The van der Waals surface area contributed by atoms with Crippen LogP contribution in [0, 0.1) is 6.92 Å². The number of likely N-dealkylation sites (N-methyl/N-ethyl adjacent to an activating group) is 1. The molecule has 2 aromatic rings. The van der Waals surface area contributed by atoms with Crippen LogP contribution in [-0.4, -0.2) is 25.2 Å². The summed E-state index contributed by atoms with van der Waals surface area (Å²) in [7, 11) is 2.01. The minimum Gasteiger partial charge on any atom is -0.493 e. The summed E-state index contributed by atoms with van der Waals surface area (Å²) in [6, 6.07) is 8.53. The number of nitrogens with zero attached hydrogens (tertiary/aromatic N) is 1. The van der Waals surface area contributed by atoms with Crippen molar-refractivity contribution in [3.05, 3.63) is 47.8 Å². The number of benzene rings is 1. The van der Waals surface area contributed by atoms with Gasteiger partial charge in [0.2, 0.25) is 0 Å². The molecule has 0 spiro atoms. The Morgan fingerprint density at radius 3 is 3.00 bits per heavy atom. The molecule has 104 valence electrons. The first kappa shape index (κ1) is 13.1. The van der Waals surface area contributed by atoms with Gasteiger partial charge in [0.15, 0.2) is 0 Å². The molecule has 0 aliphatic carbocycles. The lowest BCUT2D eigenvalue weighted by atomic mass is 9.89. The number of rotatable bonds is 3. The lowest BCUT2D eigenvalue weighted by Gasteiger charge is -2.28. The average molecular weight is 268 g/mol. The summed E-state index contributed by atoms with van der Waals surface area (Å²) in [5, 5.41) is 3.28. The lowest BCUT2D eigenvalue weighted by Crippen LogP contribution is -2.23. The molecule has 1 aliphatic heterocycles. The zero-order chi connectivity index (χ0) is 13.9. The van der Waals surface area contributed by atoms with Crippen LogP contribution < -0.4 is 10.1 Å². The predicted molar refractivity (Wildman–Crippen MR) is 81.2 cm³/mol. The first-order valence-electron chi connectivity index (χ1n) is 7.12. The van der Waals surface area contributed by atoms with Gasteiger partial charge in [-0.3, -0.25) is 4.98 Å². The number of hydrogen-bond donors (Lipinski definition) is 1. The molecule has 3 nitrogen and oxygen atoms in total. The molecule has 0 saturated carbocycles. The van der Waals surface area contributed by atoms with Gasteiger partial charge in [0.05, 0.1) is 6.61 Å². The molecule has 2 heterocycles. The van der Waals surface area contributed by atoms with Crippen molar-refractivity contribution in [3.8, 4) is 16.9 Å². The van der Waals surface area contributed by atoms with Crippen molar-refractivity contribution < 1.29 is 4.74 Å². The third kappa shape index (κ3) is 2.29. The molecule has 0 radical (unpaired) electrons. The van der Waals surface area contributed by atoms with E-state index < -0.39 is 0 Å². The quantitative estimate of drug-likeness (QED) is 0.928. The van der Waals surface area contributed by atoms with Gasteiger partial charge in [0, 0.05) is 30.4 Å². The van der Waals surface area contributed by atoms with Crippen LogP contribution in [0.1, 0.15) is 23.5 Å². The number of hydrogen-bond acceptors (Lipinski definition) is 3. The highest BCUT2D eigenvalue weighted by atomic mass is 16.5. The second kappa shape index (κ2) is 5.63. The zero-order valence-electron chi connectivity index (χ0n) is 12.0. The smallest absolute Gasteiger partial charge is 0.130 e. The van der Waals surface area contributed by atoms with E-state index in [0.717, 1.165) is 25.3 Å². The van der Waals surface area contributed by atoms with Crippen molar-refractivity contribution in [2.75, 3.05) is 20.2 Å². The van der Waals surface area contributed by atoms with Crippen molar-refractivity contribution >= 4 is 0 Å². The van der Waals surface area contributed by atoms with E-state index in [1.54, 1.807) is 0 Å². The fourth-order valence-corrected chi connectivity index (χ4v) is 2.94. The number of para-hydroxylation sites is 1. The molecular weight excluding hydrogens is 248 g/mol. The van der Waals surface area contributed by atoms with Crippen LogP contribution in [0.15, 0.2) is 36.7 Å². The van der Waals surface area contributed by atoms with Gasteiger partial charge in [-0.05, 0) is 43.1 Å². The van der Waals surface area contributed by atoms with E-state index in [-0.39, 0.29) is 0 Å². The van der Waals surface area contributed by atoms with E-state index in [4.69, 9.17) is 4.74 Å². The zero-order valence-corrected chi connectivity index (χ0v) is 12.0. The maximum Gasteiger partial charge on any atom is 0.130 e. The first-order chi connectivity index (χ1) is 9.81. The van der Waals surface area contributed by atoms with Gasteiger partial charge >= 0.3 is 0 Å². The highest BCUT2D eigenvalue weighted by Gasteiger charge is 2.23.